The predicted octanol–water partition coefficient (Wildman–Crippen LogP) is 3.19. The van der Waals surface area contributed by atoms with Gasteiger partial charge >= 0.3 is 0 Å². The molecule has 0 spiro atoms. The van der Waals surface area contributed by atoms with Gasteiger partial charge < -0.3 is 9.64 Å². The largest absolute Gasteiger partial charge is 0.372 e. The number of ether oxygens (including phenoxy) is 1. The number of benzene rings is 2. The normalized spacial score (nSPS) is 16.6. The average Bonchev–Trinajstić information content (AvgIpc) is 2.62. The summed E-state index contributed by atoms with van der Waals surface area (Å²) < 4.78 is 47.1. The Bertz CT molecular complexity index is 1010. The molecule has 28 heavy (non-hydrogen) atoms. The number of amides is 1. The smallest absolute Gasteiger partial charge is 0.261 e. The monoisotopic (exact) mass is 406 g/mol. The molecule has 0 radical (unpaired) electrons. The van der Waals surface area contributed by atoms with Gasteiger partial charge in [0.05, 0.1) is 28.4 Å². The van der Waals surface area contributed by atoms with Crippen LogP contribution in [-0.2, 0) is 14.8 Å². The highest BCUT2D eigenvalue weighted by molar-refractivity contribution is 7.92. The van der Waals surface area contributed by atoms with E-state index in [1.807, 2.05) is 13.8 Å². The van der Waals surface area contributed by atoms with E-state index >= 15 is 0 Å². The third kappa shape index (κ3) is 4.34. The average molecular weight is 406 g/mol. The van der Waals surface area contributed by atoms with Gasteiger partial charge in [-0.3, -0.25) is 9.52 Å². The summed E-state index contributed by atoms with van der Waals surface area (Å²) >= 11 is 0. The molecule has 2 aromatic rings. The van der Waals surface area contributed by atoms with Crippen LogP contribution in [0.25, 0.3) is 0 Å². The van der Waals surface area contributed by atoms with Crippen LogP contribution in [0.3, 0.4) is 0 Å². The molecule has 0 aromatic heterocycles. The molecule has 0 atom stereocenters. The quantitative estimate of drug-likeness (QED) is 0.846. The van der Waals surface area contributed by atoms with Crippen LogP contribution in [0.15, 0.2) is 47.4 Å². The number of anilines is 1. The molecular weight excluding hydrogens is 383 g/mol. The number of para-hydroxylation sites is 1. The summed E-state index contributed by atoms with van der Waals surface area (Å²) in [6.45, 7) is 6.55. The first-order chi connectivity index (χ1) is 13.1. The molecule has 3 rings (SSSR count). The highest BCUT2D eigenvalue weighted by Crippen LogP contribution is 2.25. The van der Waals surface area contributed by atoms with E-state index in [1.54, 1.807) is 23.1 Å². The maximum atomic E-state index is 13.5. The van der Waals surface area contributed by atoms with E-state index in [9.17, 15) is 17.6 Å². The van der Waals surface area contributed by atoms with Crippen LogP contribution in [0.2, 0.25) is 0 Å². The van der Waals surface area contributed by atoms with Crippen molar-refractivity contribution in [3.63, 3.8) is 0 Å². The second-order valence-corrected chi connectivity index (χ2v) is 9.08. The summed E-state index contributed by atoms with van der Waals surface area (Å²) in [5.41, 5.74) is 0.192. The van der Waals surface area contributed by atoms with Gasteiger partial charge in [0.25, 0.3) is 15.9 Å². The molecule has 2 aromatic carbocycles. The lowest BCUT2D eigenvalue weighted by atomic mass is 10.1. The lowest BCUT2D eigenvalue weighted by molar-refractivity contribution is -0.0763. The molecule has 0 bridgehead atoms. The molecule has 0 saturated carbocycles. The first-order valence-corrected chi connectivity index (χ1v) is 10.4. The molecule has 8 heteroatoms. The molecule has 1 heterocycles. The SMILES string of the molecule is Cc1cc(S(=O)(=O)Nc2ccccc2C(=O)N2CCOC(C)(C)C2)ccc1F. The van der Waals surface area contributed by atoms with Crippen LogP contribution < -0.4 is 4.72 Å². The lowest BCUT2D eigenvalue weighted by Crippen LogP contribution is -2.50. The number of nitrogens with one attached hydrogen (secondary N) is 1. The predicted molar refractivity (Wildman–Crippen MR) is 104 cm³/mol. The first kappa shape index (κ1) is 20.3. The van der Waals surface area contributed by atoms with Crippen LogP contribution in [0.4, 0.5) is 10.1 Å². The number of morpholine rings is 1. The zero-order valence-corrected chi connectivity index (χ0v) is 16.8. The molecule has 0 aliphatic carbocycles. The molecule has 150 valence electrons. The number of aryl methyl sites for hydroxylation is 1. The van der Waals surface area contributed by atoms with Crippen LogP contribution in [0, 0.1) is 12.7 Å². The Balaban J connectivity index is 1.90. The third-order valence-corrected chi connectivity index (χ3v) is 5.92. The Kier molecular flexibility index (Phi) is 5.45. The van der Waals surface area contributed by atoms with Crippen molar-refractivity contribution in [1.82, 2.24) is 4.90 Å². The van der Waals surface area contributed by atoms with Gasteiger partial charge in [0.1, 0.15) is 5.82 Å². The number of hydrogen-bond acceptors (Lipinski definition) is 4. The van der Waals surface area contributed by atoms with Gasteiger partial charge in [0.15, 0.2) is 0 Å². The Labute approximate surface area is 164 Å². The van der Waals surface area contributed by atoms with E-state index in [4.69, 9.17) is 4.74 Å². The minimum atomic E-state index is -3.97. The van der Waals surface area contributed by atoms with Crippen molar-refractivity contribution >= 4 is 21.6 Å². The highest BCUT2D eigenvalue weighted by Gasteiger charge is 2.31. The minimum Gasteiger partial charge on any atom is -0.372 e. The number of halogens is 1. The van der Waals surface area contributed by atoms with E-state index in [-0.39, 0.29) is 27.6 Å². The number of carbonyl (C=O) groups excluding carboxylic acids is 1. The van der Waals surface area contributed by atoms with Crippen molar-refractivity contribution in [3.05, 3.63) is 59.4 Å². The number of carbonyl (C=O) groups is 1. The van der Waals surface area contributed by atoms with Gasteiger partial charge in [-0.15, -0.1) is 0 Å². The zero-order valence-electron chi connectivity index (χ0n) is 16.0. The molecule has 1 amide bonds. The van der Waals surface area contributed by atoms with Crippen molar-refractivity contribution in [1.29, 1.82) is 0 Å². The molecular formula is C20H23FN2O4S. The number of sulfonamides is 1. The molecule has 1 N–H and O–H groups in total. The second-order valence-electron chi connectivity index (χ2n) is 7.40. The number of hydrogen-bond donors (Lipinski definition) is 1. The number of rotatable bonds is 4. The van der Waals surface area contributed by atoms with E-state index in [0.29, 0.717) is 19.7 Å². The van der Waals surface area contributed by atoms with Gasteiger partial charge in [-0.2, -0.15) is 0 Å². The molecule has 1 fully saturated rings. The topological polar surface area (TPSA) is 75.7 Å². The molecule has 0 unspecified atom stereocenters. The fourth-order valence-corrected chi connectivity index (χ4v) is 4.27. The maximum absolute atomic E-state index is 13.5. The summed E-state index contributed by atoms with van der Waals surface area (Å²) in [6.07, 6.45) is 0. The Morgan fingerprint density at radius 1 is 1.21 bits per heavy atom. The fourth-order valence-electron chi connectivity index (χ4n) is 3.11. The molecule has 1 saturated heterocycles. The van der Waals surface area contributed by atoms with E-state index in [2.05, 4.69) is 4.72 Å². The summed E-state index contributed by atoms with van der Waals surface area (Å²) in [5, 5.41) is 0. The van der Waals surface area contributed by atoms with E-state index in [1.165, 1.54) is 25.1 Å². The van der Waals surface area contributed by atoms with Gasteiger partial charge in [0.2, 0.25) is 0 Å². The second kappa shape index (κ2) is 7.52. The minimum absolute atomic E-state index is 0.0684. The molecule has 1 aliphatic heterocycles. The Hall–Kier alpha value is -2.45. The van der Waals surface area contributed by atoms with Gasteiger partial charge in [-0.1, -0.05) is 12.1 Å². The number of nitrogens with zero attached hydrogens (tertiary/aromatic N) is 1. The van der Waals surface area contributed by atoms with Gasteiger partial charge in [0, 0.05) is 13.1 Å². The third-order valence-electron chi connectivity index (χ3n) is 4.55. The fraction of sp³-hybridized carbons (Fsp3) is 0.350. The van der Waals surface area contributed by atoms with Crippen LogP contribution in [-0.4, -0.2) is 44.5 Å². The summed E-state index contributed by atoms with van der Waals surface area (Å²) in [6, 6.07) is 10.0. The van der Waals surface area contributed by atoms with E-state index in [0.717, 1.165) is 6.07 Å². The highest BCUT2D eigenvalue weighted by atomic mass is 32.2. The van der Waals surface area contributed by atoms with Crippen molar-refractivity contribution in [2.24, 2.45) is 0 Å². The van der Waals surface area contributed by atoms with Crippen LogP contribution in [0.5, 0.6) is 0 Å². The molecule has 6 nitrogen and oxygen atoms in total. The van der Waals surface area contributed by atoms with Crippen molar-refractivity contribution in [3.8, 4) is 0 Å². The lowest BCUT2D eigenvalue weighted by Gasteiger charge is -2.38. The van der Waals surface area contributed by atoms with Crippen molar-refractivity contribution in [2.45, 2.75) is 31.3 Å². The Morgan fingerprint density at radius 3 is 2.61 bits per heavy atom. The van der Waals surface area contributed by atoms with Crippen LogP contribution in [0.1, 0.15) is 29.8 Å². The zero-order chi connectivity index (χ0) is 20.5. The Morgan fingerprint density at radius 2 is 1.93 bits per heavy atom. The first-order valence-electron chi connectivity index (χ1n) is 8.90. The summed E-state index contributed by atoms with van der Waals surface area (Å²) in [7, 11) is -3.97. The molecule has 1 aliphatic rings. The van der Waals surface area contributed by atoms with Crippen LogP contribution >= 0.6 is 0 Å². The van der Waals surface area contributed by atoms with Crippen molar-refractivity contribution < 1.29 is 22.3 Å². The van der Waals surface area contributed by atoms with Gasteiger partial charge in [-0.25, -0.2) is 12.8 Å². The maximum Gasteiger partial charge on any atom is 0.261 e. The van der Waals surface area contributed by atoms with Gasteiger partial charge in [-0.05, 0) is 56.7 Å². The van der Waals surface area contributed by atoms with Crippen molar-refractivity contribution in [2.75, 3.05) is 24.4 Å². The standard InChI is InChI=1S/C20H23FN2O4S/c1-14-12-15(8-9-17(14)21)28(25,26)22-18-7-5-4-6-16(18)19(24)23-10-11-27-20(2,3)13-23/h4-9,12,22H,10-11,13H2,1-3H3. The summed E-state index contributed by atoms with van der Waals surface area (Å²) in [5.74, 6) is -0.755. The van der Waals surface area contributed by atoms with E-state index < -0.39 is 21.4 Å². The summed E-state index contributed by atoms with van der Waals surface area (Å²) in [4.78, 5) is 14.6.